The van der Waals surface area contributed by atoms with E-state index in [1.807, 2.05) is 24.3 Å². The topological polar surface area (TPSA) is 205 Å². The normalized spacial score (nSPS) is 35.9. The number of esters is 1. The molecular weight excluding hydrogens is 520 g/mol. The van der Waals surface area contributed by atoms with Crippen molar-refractivity contribution in [3.63, 3.8) is 0 Å². The summed E-state index contributed by atoms with van der Waals surface area (Å²) in [5.41, 5.74) is 0.631. The molecule has 0 aromatic heterocycles. The van der Waals surface area contributed by atoms with Gasteiger partial charge < -0.3 is 59.4 Å². The minimum absolute atomic E-state index is 0.631. The van der Waals surface area contributed by atoms with E-state index in [1.165, 1.54) is 0 Å². The second-order valence-electron chi connectivity index (χ2n) is 9.64. The molecule has 0 saturated carbocycles. The number of fused-ring (bicyclic) bond motifs is 1. The zero-order chi connectivity index (χ0) is 28.4. The van der Waals surface area contributed by atoms with Crippen LogP contribution in [-0.2, 0) is 23.7 Å². The third-order valence-corrected chi connectivity index (χ3v) is 7.12. The average Bonchev–Trinajstić information content (AvgIpc) is 2.95. The lowest BCUT2D eigenvalue weighted by Crippen LogP contribution is -2.64. The summed E-state index contributed by atoms with van der Waals surface area (Å²) in [5.74, 6) is -0.846. The maximum atomic E-state index is 12.9. The Morgan fingerprint density at radius 3 is 2.10 bits per heavy atom. The predicted molar refractivity (Wildman–Crippen MR) is 131 cm³/mol. The minimum atomic E-state index is -1.82. The molecule has 1 unspecified atom stereocenters. The van der Waals surface area contributed by atoms with Crippen molar-refractivity contribution in [2.24, 2.45) is 0 Å². The van der Waals surface area contributed by atoms with Gasteiger partial charge in [-0.05, 0) is 35.4 Å². The van der Waals surface area contributed by atoms with E-state index >= 15 is 0 Å². The standard InChI is InChI=1S/C26H34O13/c1-11(12-3-4-14-8-15(35-2)6-5-13(14)7-12)24(34)39-26-22(33)20(31)23(17(10-28)37-26)38-25-21(32)19(30)18(29)16(9-27)36-25/h3-8,11,16-23,25-33H,9-10H2,1-2H3/t11?,16-,17-,18-,19+,20-,21-,22-,23-,25-,26-/m1/s1. The molecule has 0 aliphatic carbocycles. The monoisotopic (exact) mass is 554 g/mol. The first kappa shape index (κ1) is 29.6. The molecule has 2 aromatic rings. The molecule has 0 spiro atoms. The van der Waals surface area contributed by atoms with Gasteiger partial charge >= 0.3 is 5.97 Å². The Morgan fingerprint density at radius 2 is 1.44 bits per heavy atom. The molecule has 13 heteroatoms. The molecule has 0 radical (unpaired) electrons. The maximum absolute atomic E-state index is 12.9. The van der Waals surface area contributed by atoms with Crippen molar-refractivity contribution in [2.45, 2.75) is 74.3 Å². The fourth-order valence-electron chi connectivity index (χ4n) is 4.64. The van der Waals surface area contributed by atoms with Crippen molar-refractivity contribution in [1.29, 1.82) is 0 Å². The Bertz CT molecular complexity index is 1120. The summed E-state index contributed by atoms with van der Waals surface area (Å²) in [5, 5.41) is 72.5. The van der Waals surface area contributed by atoms with E-state index in [9.17, 15) is 40.5 Å². The van der Waals surface area contributed by atoms with Crippen molar-refractivity contribution < 1.29 is 64.2 Å². The molecule has 0 bridgehead atoms. The number of methoxy groups -OCH3 is 1. The molecule has 4 rings (SSSR count). The van der Waals surface area contributed by atoms with Crippen LogP contribution in [0.15, 0.2) is 36.4 Å². The fourth-order valence-corrected chi connectivity index (χ4v) is 4.64. The molecule has 0 amide bonds. The summed E-state index contributed by atoms with van der Waals surface area (Å²) in [7, 11) is 1.57. The first-order chi connectivity index (χ1) is 18.6. The lowest BCUT2D eigenvalue weighted by Gasteiger charge is -2.45. The Balaban J connectivity index is 1.43. The van der Waals surface area contributed by atoms with Crippen molar-refractivity contribution in [2.75, 3.05) is 20.3 Å². The van der Waals surface area contributed by atoms with Crippen molar-refractivity contribution >= 4 is 16.7 Å². The zero-order valence-corrected chi connectivity index (χ0v) is 21.3. The number of carbonyl (C=O) groups excluding carboxylic acids is 1. The van der Waals surface area contributed by atoms with Crippen molar-refractivity contribution in [3.8, 4) is 5.75 Å². The summed E-state index contributed by atoms with van der Waals surface area (Å²) in [4.78, 5) is 12.9. The highest BCUT2D eigenvalue weighted by molar-refractivity contribution is 5.86. The molecule has 7 N–H and O–H groups in total. The van der Waals surface area contributed by atoms with E-state index in [0.29, 0.717) is 11.3 Å². The summed E-state index contributed by atoms with van der Waals surface area (Å²) >= 11 is 0. The largest absolute Gasteiger partial charge is 0.497 e. The number of benzene rings is 2. The highest BCUT2D eigenvalue weighted by Gasteiger charge is 2.51. The van der Waals surface area contributed by atoms with Crippen LogP contribution >= 0.6 is 0 Å². The number of ether oxygens (including phenoxy) is 5. The van der Waals surface area contributed by atoms with Crippen molar-refractivity contribution in [3.05, 3.63) is 42.0 Å². The van der Waals surface area contributed by atoms with Crippen LogP contribution in [0.3, 0.4) is 0 Å². The molecule has 11 atom stereocenters. The Labute approximate surface area is 223 Å². The molecule has 2 aromatic carbocycles. The van der Waals surface area contributed by atoms with Gasteiger partial charge in [0.1, 0.15) is 54.6 Å². The van der Waals surface area contributed by atoms with Gasteiger partial charge in [0.05, 0.1) is 26.2 Å². The third-order valence-electron chi connectivity index (χ3n) is 7.12. The lowest BCUT2D eigenvalue weighted by molar-refractivity contribution is -0.355. The lowest BCUT2D eigenvalue weighted by atomic mass is 9.96. The summed E-state index contributed by atoms with van der Waals surface area (Å²) in [6.45, 7) is 0.152. The number of carbonyl (C=O) groups is 1. The van der Waals surface area contributed by atoms with Gasteiger partial charge in [-0.2, -0.15) is 0 Å². The maximum Gasteiger partial charge on any atom is 0.315 e. The van der Waals surface area contributed by atoms with Crippen LogP contribution in [0.5, 0.6) is 5.75 Å². The van der Waals surface area contributed by atoms with Gasteiger partial charge in [0.25, 0.3) is 0 Å². The van der Waals surface area contributed by atoms with E-state index in [2.05, 4.69) is 0 Å². The van der Waals surface area contributed by atoms with Crippen LogP contribution in [0.1, 0.15) is 18.4 Å². The quantitative estimate of drug-likeness (QED) is 0.179. The van der Waals surface area contributed by atoms with E-state index in [0.717, 1.165) is 10.8 Å². The number of hydrogen-bond donors (Lipinski definition) is 7. The first-order valence-corrected chi connectivity index (χ1v) is 12.5. The highest BCUT2D eigenvalue weighted by atomic mass is 16.7. The third kappa shape index (κ3) is 6.02. The molecule has 2 fully saturated rings. The molecule has 2 heterocycles. The van der Waals surface area contributed by atoms with E-state index in [1.54, 1.807) is 26.2 Å². The van der Waals surface area contributed by atoms with Gasteiger partial charge in [0, 0.05) is 0 Å². The molecule has 39 heavy (non-hydrogen) atoms. The zero-order valence-electron chi connectivity index (χ0n) is 21.3. The molecule has 2 aliphatic rings. The van der Waals surface area contributed by atoms with Gasteiger partial charge in [-0.25, -0.2) is 0 Å². The number of hydrogen-bond acceptors (Lipinski definition) is 13. The van der Waals surface area contributed by atoms with Crippen LogP contribution < -0.4 is 4.74 Å². The molecule has 2 saturated heterocycles. The minimum Gasteiger partial charge on any atom is -0.497 e. The van der Waals surface area contributed by atoms with Crippen LogP contribution in [0, 0.1) is 0 Å². The van der Waals surface area contributed by atoms with E-state index in [4.69, 9.17) is 23.7 Å². The predicted octanol–water partition coefficient (Wildman–Crippen LogP) is -1.88. The number of rotatable bonds is 8. The molecular formula is C26H34O13. The van der Waals surface area contributed by atoms with Gasteiger partial charge in [-0.3, -0.25) is 4.79 Å². The molecule has 13 nitrogen and oxygen atoms in total. The van der Waals surface area contributed by atoms with Gasteiger partial charge in [0.15, 0.2) is 6.29 Å². The van der Waals surface area contributed by atoms with Gasteiger partial charge in [-0.1, -0.05) is 24.3 Å². The average molecular weight is 555 g/mol. The van der Waals surface area contributed by atoms with Crippen LogP contribution in [0.25, 0.3) is 10.8 Å². The van der Waals surface area contributed by atoms with Crippen LogP contribution in [0.4, 0.5) is 0 Å². The molecule has 216 valence electrons. The summed E-state index contributed by atoms with van der Waals surface area (Å²) in [6, 6.07) is 10.9. The Kier molecular flexibility index (Phi) is 9.39. The van der Waals surface area contributed by atoms with Gasteiger partial charge in [-0.15, -0.1) is 0 Å². The van der Waals surface area contributed by atoms with Crippen molar-refractivity contribution in [1.82, 2.24) is 0 Å². The van der Waals surface area contributed by atoms with Gasteiger partial charge in [0.2, 0.25) is 6.29 Å². The number of aliphatic hydroxyl groups is 7. The highest BCUT2D eigenvalue weighted by Crippen LogP contribution is 2.31. The Morgan fingerprint density at radius 1 is 0.821 bits per heavy atom. The smallest absolute Gasteiger partial charge is 0.315 e. The van der Waals surface area contributed by atoms with Crippen LogP contribution in [-0.4, -0.2) is 123 Å². The van der Waals surface area contributed by atoms with Crippen LogP contribution in [0.2, 0.25) is 0 Å². The summed E-state index contributed by atoms with van der Waals surface area (Å²) < 4.78 is 26.9. The summed E-state index contributed by atoms with van der Waals surface area (Å²) in [6.07, 6.45) is -16.2. The second kappa shape index (κ2) is 12.4. The van der Waals surface area contributed by atoms with E-state index in [-0.39, 0.29) is 0 Å². The van der Waals surface area contributed by atoms with E-state index < -0.39 is 86.5 Å². The number of aliphatic hydroxyl groups excluding tert-OH is 7. The molecule has 2 aliphatic heterocycles. The second-order valence-corrected chi connectivity index (χ2v) is 9.64. The SMILES string of the molecule is COc1ccc2cc(C(C)C(=O)O[C@H]3O[C@H](CO)[C@@H](O[C@H]4O[C@H](CO)[C@@H](O)[C@H](O)[C@H]4O)[C@H](O)[C@H]3O)ccc2c1. The first-order valence-electron chi connectivity index (χ1n) is 12.5. The fraction of sp³-hybridized carbons (Fsp3) is 0.577. The Hall–Kier alpha value is -2.43.